The van der Waals surface area contributed by atoms with Crippen LogP contribution in [0.4, 0.5) is 0 Å². The van der Waals surface area contributed by atoms with Crippen LogP contribution >= 0.6 is 17.0 Å². The first kappa shape index (κ1) is 10.8. The second kappa shape index (κ2) is 4.60. The number of rotatable bonds is 1. The van der Waals surface area contributed by atoms with Gasteiger partial charge in [0.15, 0.2) is 0 Å². The van der Waals surface area contributed by atoms with Gasteiger partial charge in [-0.3, -0.25) is 0 Å². The zero-order valence-corrected chi connectivity index (χ0v) is 9.09. The molecule has 0 aliphatic carbocycles. The van der Waals surface area contributed by atoms with E-state index in [1.54, 1.807) is 0 Å². The predicted octanol–water partition coefficient (Wildman–Crippen LogP) is 2.75. The van der Waals surface area contributed by atoms with Crippen LogP contribution in [0.3, 0.4) is 0 Å². The monoisotopic (exact) mass is 217 g/mol. The van der Waals surface area contributed by atoms with Crippen molar-refractivity contribution in [2.45, 2.75) is 26.8 Å². The van der Waals surface area contributed by atoms with Crippen molar-refractivity contribution in [3.8, 4) is 0 Å². The molecular weight excluding hydrogens is 202 g/mol. The molecule has 0 amide bonds. The first-order valence-electron chi connectivity index (χ1n) is 3.82. The zero-order valence-electron chi connectivity index (χ0n) is 7.37. The Bertz CT molecular complexity index is 170. The average molecular weight is 218 g/mol. The lowest BCUT2D eigenvalue weighted by Crippen LogP contribution is -2.30. The lowest BCUT2D eigenvalue weighted by Gasteiger charge is -2.29. The van der Waals surface area contributed by atoms with E-state index < -0.39 is 0 Å². The summed E-state index contributed by atoms with van der Waals surface area (Å²) >= 11 is 0. The molecule has 0 N–H and O–H groups in total. The highest BCUT2D eigenvalue weighted by molar-refractivity contribution is 8.93. The number of hydrogen-bond donors (Lipinski definition) is 0. The summed E-state index contributed by atoms with van der Waals surface area (Å²) in [5.41, 5.74) is 1.37. The van der Waals surface area contributed by atoms with Gasteiger partial charge in [0.25, 0.3) is 0 Å². The molecule has 0 aromatic carbocycles. The van der Waals surface area contributed by atoms with Gasteiger partial charge < -0.3 is 4.90 Å². The summed E-state index contributed by atoms with van der Waals surface area (Å²) in [4.78, 5) is 2.38. The predicted molar refractivity (Wildman–Crippen MR) is 55.1 cm³/mol. The summed E-state index contributed by atoms with van der Waals surface area (Å²) in [5.74, 6) is 0. The molecular formula is C9H16BrN. The maximum absolute atomic E-state index is 2.38. The topological polar surface area (TPSA) is 3.24 Å². The Morgan fingerprint density at radius 1 is 1.45 bits per heavy atom. The minimum atomic E-state index is 0. The SMILES string of the molecule is Br.CC1=CC=CCN1C(C)C. The quantitative estimate of drug-likeness (QED) is 0.654. The van der Waals surface area contributed by atoms with Gasteiger partial charge in [0.1, 0.15) is 0 Å². The van der Waals surface area contributed by atoms with Crippen molar-refractivity contribution in [1.82, 2.24) is 4.90 Å². The van der Waals surface area contributed by atoms with E-state index in [1.807, 2.05) is 0 Å². The minimum Gasteiger partial charge on any atom is -0.369 e. The third-order valence-corrected chi connectivity index (χ3v) is 1.85. The van der Waals surface area contributed by atoms with Crippen LogP contribution in [0, 0.1) is 0 Å². The first-order chi connectivity index (χ1) is 4.72. The molecule has 1 heterocycles. The van der Waals surface area contributed by atoms with E-state index in [9.17, 15) is 0 Å². The molecule has 0 aromatic rings. The smallest absolute Gasteiger partial charge is 0.0362 e. The Morgan fingerprint density at radius 3 is 2.45 bits per heavy atom. The highest BCUT2D eigenvalue weighted by atomic mass is 79.9. The largest absolute Gasteiger partial charge is 0.369 e. The molecule has 0 radical (unpaired) electrons. The molecule has 1 aliphatic rings. The molecule has 0 fully saturated rings. The Morgan fingerprint density at radius 2 is 2.09 bits per heavy atom. The number of allylic oxidation sites excluding steroid dienone is 3. The molecule has 1 rings (SSSR count). The van der Waals surface area contributed by atoms with Crippen LogP contribution in [0.2, 0.25) is 0 Å². The van der Waals surface area contributed by atoms with Gasteiger partial charge in [-0.2, -0.15) is 0 Å². The lowest BCUT2D eigenvalue weighted by molar-refractivity contribution is 0.310. The summed E-state index contributed by atoms with van der Waals surface area (Å²) in [5, 5.41) is 0. The van der Waals surface area contributed by atoms with Gasteiger partial charge in [-0.25, -0.2) is 0 Å². The molecule has 2 heteroatoms. The Balaban J connectivity index is 0.000001000. The zero-order chi connectivity index (χ0) is 7.56. The average Bonchev–Trinajstić information content (AvgIpc) is 1.88. The Kier molecular flexibility index (Phi) is 4.50. The van der Waals surface area contributed by atoms with Gasteiger partial charge in [-0.05, 0) is 26.8 Å². The van der Waals surface area contributed by atoms with Crippen molar-refractivity contribution in [3.63, 3.8) is 0 Å². The van der Waals surface area contributed by atoms with Gasteiger partial charge in [0.05, 0.1) is 0 Å². The van der Waals surface area contributed by atoms with Crippen molar-refractivity contribution in [3.05, 3.63) is 23.9 Å². The molecule has 1 nitrogen and oxygen atoms in total. The maximum Gasteiger partial charge on any atom is 0.0362 e. The second-order valence-corrected chi connectivity index (χ2v) is 2.98. The fourth-order valence-electron chi connectivity index (χ4n) is 1.24. The third kappa shape index (κ3) is 2.70. The van der Waals surface area contributed by atoms with Crippen LogP contribution in [0.1, 0.15) is 20.8 Å². The number of nitrogens with zero attached hydrogens (tertiary/aromatic N) is 1. The van der Waals surface area contributed by atoms with Crippen molar-refractivity contribution in [2.24, 2.45) is 0 Å². The summed E-state index contributed by atoms with van der Waals surface area (Å²) in [6, 6.07) is 0.626. The van der Waals surface area contributed by atoms with Crippen molar-refractivity contribution < 1.29 is 0 Å². The fraction of sp³-hybridized carbons (Fsp3) is 0.556. The van der Waals surface area contributed by atoms with E-state index in [4.69, 9.17) is 0 Å². The standard InChI is InChI=1S/C9H15N.BrH/c1-8(2)10-7-5-4-6-9(10)3;/h4-6,8H,7H2,1-3H3;1H. The van der Waals surface area contributed by atoms with Crippen LogP contribution in [0.15, 0.2) is 23.9 Å². The van der Waals surface area contributed by atoms with Crippen LogP contribution in [-0.2, 0) is 0 Å². The molecule has 0 aromatic heterocycles. The second-order valence-electron chi connectivity index (χ2n) is 2.98. The van der Waals surface area contributed by atoms with Gasteiger partial charge in [-0.15, -0.1) is 17.0 Å². The van der Waals surface area contributed by atoms with Crippen LogP contribution in [0.5, 0.6) is 0 Å². The molecule has 0 saturated heterocycles. The van der Waals surface area contributed by atoms with Gasteiger partial charge in [0.2, 0.25) is 0 Å². The third-order valence-electron chi connectivity index (χ3n) is 1.85. The van der Waals surface area contributed by atoms with E-state index in [2.05, 4.69) is 43.9 Å². The lowest BCUT2D eigenvalue weighted by atomic mass is 10.2. The minimum absolute atomic E-state index is 0. The molecule has 0 atom stereocenters. The van der Waals surface area contributed by atoms with E-state index >= 15 is 0 Å². The molecule has 0 spiro atoms. The van der Waals surface area contributed by atoms with E-state index in [0.29, 0.717) is 6.04 Å². The number of hydrogen-bond acceptors (Lipinski definition) is 1. The molecule has 0 unspecified atom stereocenters. The molecule has 0 bridgehead atoms. The molecule has 11 heavy (non-hydrogen) atoms. The van der Waals surface area contributed by atoms with Gasteiger partial charge in [-0.1, -0.05) is 12.2 Å². The van der Waals surface area contributed by atoms with E-state index in [1.165, 1.54) is 5.70 Å². The van der Waals surface area contributed by atoms with Crippen molar-refractivity contribution in [2.75, 3.05) is 6.54 Å². The van der Waals surface area contributed by atoms with Crippen molar-refractivity contribution >= 4 is 17.0 Å². The summed E-state index contributed by atoms with van der Waals surface area (Å²) < 4.78 is 0. The van der Waals surface area contributed by atoms with Gasteiger partial charge in [0, 0.05) is 18.3 Å². The van der Waals surface area contributed by atoms with Crippen LogP contribution < -0.4 is 0 Å². The molecule has 1 aliphatic heterocycles. The molecule has 0 saturated carbocycles. The van der Waals surface area contributed by atoms with Crippen LogP contribution in [0.25, 0.3) is 0 Å². The van der Waals surface area contributed by atoms with Crippen LogP contribution in [-0.4, -0.2) is 17.5 Å². The first-order valence-corrected chi connectivity index (χ1v) is 3.82. The highest BCUT2D eigenvalue weighted by Gasteiger charge is 2.08. The maximum atomic E-state index is 2.38. The van der Waals surface area contributed by atoms with E-state index in [0.717, 1.165) is 6.54 Å². The fourth-order valence-corrected chi connectivity index (χ4v) is 1.24. The summed E-state index contributed by atoms with van der Waals surface area (Å²) in [6.07, 6.45) is 6.46. The summed E-state index contributed by atoms with van der Waals surface area (Å²) in [7, 11) is 0. The van der Waals surface area contributed by atoms with Gasteiger partial charge >= 0.3 is 0 Å². The highest BCUT2D eigenvalue weighted by Crippen LogP contribution is 2.11. The molecule has 64 valence electrons. The van der Waals surface area contributed by atoms with Crippen molar-refractivity contribution in [1.29, 1.82) is 0 Å². The normalized spacial score (nSPS) is 16.4. The summed E-state index contributed by atoms with van der Waals surface area (Å²) in [6.45, 7) is 7.66. The Labute approximate surface area is 79.5 Å². The Hall–Kier alpha value is -0.240. The number of halogens is 1. The van der Waals surface area contributed by atoms with E-state index in [-0.39, 0.29) is 17.0 Å².